The monoisotopic (exact) mass is 492 g/mol. The molecule has 0 fully saturated rings. The van der Waals surface area contributed by atoms with Gasteiger partial charge in [0.05, 0.1) is 16.5 Å². The third-order valence-electron chi connectivity index (χ3n) is 4.70. The van der Waals surface area contributed by atoms with Crippen molar-refractivity contribution in [2.24, 2.45) is 0 Å². The third-order valence-corrected chi connectivity index (χ3v) is 6.38. The number of nitrogens with zero attached hydrogens (tertiary/aromatic N) is 1. The van der Waals surface area contributed by atoms with E-state index in [1.165, 1.54) is 24.3 Å². The summed E-state index contributed by atoms with van der Waals surface area (Å²) < 4.78 is 32.2. The van der Waals surface area contributed by atoms with Crippen LogP contribution in [0.4, 0.5) is 0 Å². The maximum atomic E-state index is 12.2. The second kappa shape index (κ2) is 11.3. The first-order valence-electron chi connectivity index (χ1n) is 10.6. The van der Waals surface area contributed by atoms with Gasteiger partial charge in [0.1, 0.15) is 5.75 Å². The highest BCUT2D eigenvalue weighted by Gasteiger charge is 2.16. The van der Waals surface area contributed by atoms with Crippen molar-refractivity contribution in [3.05, 3.63) is 83.9 Å². The van der Waals surface area contributed by atoms with E-state index in [1.54, 1.807) is 38.1 Å². The molecule has 0 aliphatic heterocycles. The summed E-state index contributed by atoms with van der Waals surface area (Å²) in [5.74, 6) is -0.712. The number of sulfonamides is 1. The standard InChI is InChI=1S/C25H24N4O5S/c1-17(2)29-35(32,33)23-13-9-21(10-14-23)25(31)28-27-24(30)16-34-22-11-7-20(8-12-22)19-5-3-18(15-26)4-6-19/h3-14,17,29H,16H2,1-2H3,(H,27,30)(H,28,31). The Bertz CT molecular complexity index is 1330. The first-order chi connectivity index (χ1) is 16.7. The predicted molar refractivity (Wildman–Crippen MR) is 130 cm³/mol. The van der Waals surface area contributed by atoms with Crippen LogP contribution < -0.4 is 20.3 Å². The molecule has 0 aliphatic rings. The van der Waals surface area contributed by atoms with Crippen LogP contribution in [0, 0.1) is 11.3 Å². The zero-order valence-electron chi connectivity index (χ0n) is 19.1. The first kappa shape index (κ1) is 25.4. The van der Waals surface area contributed by atoms with E-state index >= 15 is 0 Å². The lowest BCUT2D eigenvalue weighted by Gasteiger charge is -2.11. The minimum atomic E-state index is -3.66. The molecule has 0 saturated carbocycles. The third kappa shape index (κ3) is 7.14. The van der Waals surface area contributed by atoms with Gasteiger partial charge in [0, 0.05) is 11.6 Å². The van der Waals surface area contributed by atoms with Crippen molar-refractivity contribution in [1.82, 2.24) is 15.6 Å². The molecule has 10 heteroatoms. The summed E-state index contributed by atoms with van der Waals surface area (Å²) in [6, 6.07) is 21.4. The van der Waals surface area contributed by atoms with Crippen LogP contribution in [-0.2, 0) is 14.8 Å². The van der Waals surface area contributed by atoms with Crippen molar-refractivity contribution in [3.8, 4) is 22.9 Å². The number of nitrogens with one attached hydrogen (secondary N) is 3. The second-order valence-electron chi connectivity index (χ2n) is 7.80. The molecule has 0 unspecified atom stereocenters. The van der Waals surface area contributed by atoms with Gasteiger partial charge in [-0.1, -0.05) is 24.3 Å². The van der Waals surface area contributed by atoms with Crippen molar-refractivity contribution in [2.75, 3.05) is 6.61 Å². The summed E-state index contributed by atoms with van der Waals surface area (Å²) >= 11 is 0. The zero-order valence-corrected chi connectivity index (χ0v) is 19.9. The molecule has 0 aliphatic carbocycles. The van der Waals surface area contributed by atoms with Crippen LogP contribution in [0.1, 0.15) is 29.8 Å². The number of amides is 2. The van der Waals surface area contributed by atoms with Gasteiger partial charge in [-0.05, 0) is 73.5 Å². The lowest BCUT2D eigenvalue weighted by molar-refractivity contribution is -0.123. The number of carbonyl (C=O) groups excluding carboxylic acids is 2. The van der Waals surface area contributed by atoms with Gasteiger partial charge in [0.25, 0.3) is 11.8 Å². The summed E-state index contributed by atoms with van der Waals surface area (Å²) in [4.78, 5) is 24.3. The number of benzene rings is 3. The number of hydrogen-bond donors (Lipinski definition) is 3. The summed E-state index contributed by atoms with van der Waals surface area (Å²) in [5.41, 5.74) is 7.13. The normalized spacial score (nSPS) is 10.9. The molecule has 0 spiro atoms. The van der Waals surface area contributed by atoms with Crippen molar-refractivity contribution in [3.63, 3.8) is 0 Å². The van der Waals surface area contributed by atoms with Crippen LogP contribution in [0.3, 0.4) is 0 Å². The summed E-state index contributed by atoms with van der Waals surface area (Å²) in [6.07, 6.45) is 0. The Balaban J connectivity index is 1.47. The Hall–Kier alpha value is -4.20. The molecular formula is C25H24N4O5S. The maximum Gasteiger partial charge on any atom is 0.276 e. The van der Waals surface area contributed by atoms with Crippen LogP contribution in [0.2, 0.25) is 0 Å². The molecule has 35 heavy (non-hydrogen) atoms. The number of hydrazine groups is 1. The highest BCUT2D eigenvalue weighted by Crippen LogP contribution is 2.22. The van der Waals surface area contributed by atoms with Crippen LogP contribution >= 0.6 is 0 Å². The molecule has 0 aromatic heterocycles. The van der Waals surface area contributed by atoms with E-state index in [0.29, 0.717) is 11.3 Å². The van der Waals surface area contributed by atoms with Crippen LogP contribution in [0.5, 0.6) is 5.75 Å². The Morgan fingerprint density at radius 3 is 2.00 bits per heavy atom. The molecule has 3 aromatic carbocycles. The Kier molecular flexibility index (Phi) is 8.20. The van der Waals surface area contributed by atoms with E-state index in [9.17, 15) is 18.0 Å². The number of ether oxygens (including phenoxy) is 1. The number of rotatable bonds is 8. The minimum Gasteiger partial charge on any atom is -0.484 e. The second-order valence-corrected chi connectivity index (χ2v) is 9.52. The van der Waals surface area contributed by atoms with Crippen molar-refractivity contribution < 1.29 is 22.7 Å². The molecule has 3 rings (SSSR count). The Morgan fingerprint density at radius 1 is 0.886 bits per heavy atom. The molecule has 3 aromatic rings. The molecule has 9 nitrogen and oxygen atoms in total. The fraction of sp³-hybridized carbons (Fsp3) is 0.160. The average molecular weight is 493 g/mol. The number of carbonyl (C=O) groups is 2. The molecule has 0 heterocycles. The molecule has 0 bridgehead atoms. The van der Waals surface area contributed by atoms with Crippen LogP contribution in [0.15, 0.2) is 77.7 Å². The van der Waals surface area contributed by atoms with Crippen molar-refractivity contribution in [2.45, 2.75) is 24.8 Å². The highest BCUT2D eigenvalue weighted by molar-refractivity contribution is 7.89. The van der Waals surface area contributed by atoms with Gasteiger partial charge in [-0.2, -0.15) is 5.26 Å². The number of nitriles is 1. The first-order valence-corrected chi connectivity index (χ1v) is 12.1. The quantitative estimate of drug-likeness (QED) is 0.414. The Morgan fingerprint density at radius 2 is 1.46 bits per heavy atom. The van der Waals surface area contributed by atoms with Crippen molar-refractivity contribution >= 4 is 21.8 Å². The van der Waals surface area contributed by atoms with Crippen LogP contribution in [0.25, 0.3) is 11.1 Å². The molecule has 0 saturated heterocycles. The summed E-state index contributed by atoms with van der Waals surface area (Å²) in [7, 11) is -3.66. The van der Waals surface area contributed by atoms with Crippen LogP contribution in [-0.4, -0.2) is 32.9 Å². The average Bonchev–Trinajstić information content (AvgIpc) is 2.85. The van der Waals surface area contributed by atoms with E-state index < -0.39 is 21.8 Å². The van der Waals surface area contributed by atoms with Gasteiger partial charge in [0.2, 0.25) is 10.0 Å². The zero-order chi connectivity index (χ0) is 25.4. The smallest absolute Gasteiger partial charge is 0.276 e. The van der Waals surface area contributed by atoms with E-state index in [0.717, 1.165) is 11.1 Å². The van der Waals surface area contributed by atoms with Gasteiger partial charge in [-0.25, -0.2) is 13.1 Å². The van der Waals surface area contributed by atoms with E-state index in [4.69, 9.17) is 10.00 Å². The van der Waals surface area contributed by atoms with Gasteiger partial charge in [-0.3, -0.25) is 20.4 Å². The summed E-state index contributed by atoms with van der Waals surface area (Å²) in [6.45, 7) is 3.09. The fourth-order valence-electron chi connectivity index (χ4n) is 3.03. The molecular weight excluding hydrogens is 468 g/mol. The maximum absolute atomic E-state index is 12.2. The largest absolute Gasteiger partial charge is 0.484 e. The fourth-order valence-corrected chi connectivity index (χ4v) is 4.28. The van der Waals surface area contributed by atoms with Gasteiger partial charge in [-0.15, -0.1) is 0 Å². The van der Waals surface area contributed by atoms with E-state index in [-0.39, 0.29) is 23.1 Å². The summed E-state index contributed by atoms with van der Waals surface area (Å²) in [5, 5.41) is 8.88. The topological polar surface area (TPSA) is 137 Å². The highest BCUT2D eigenvalue weighted by atomic mass is 32.2. The SMILES string of the molecule is CC(C)NS(=O)(=O)c1ccc(C(=O)NNC(=O)COc2ccc(-c3ccc(C#N)cc3)cc2)cc1. The van der Waals surface area contributed by atoms with Gasteiger partial charge >= 0.3 is 0 Å². The van der Waals surface area contributed by atoms with Crippen molar-refractivity contribution in [1.29, 1.82) is 5.26 Å². The van der Waals surface area contributed by atoms with Gasteiger partial charge in [0.15, 0.2) is 6.61 Å². The lowest BCUT2D eigenvalue weighted by atomic mass is 10.0. The van der Waals surface area contributed by atoms with E-state index in [1.807, 2.05) is 24.3 Å². The lowest BCUT2D eigenvalue weighted by Crippen LogP contribution is -2.43. The Labute approximate surface area is 203 Å². The minimum absolute atomic E-state index is 0.0328. The molecule has 2 amide bonds. The van der Waals surface area contributed by atoms with E-state index in [2.05, 4.69) is 21.6 Å². The number of hydrogen-bond acceptors (Lipinski definition) is 6. The molecule has 3 N–H and O–H groups in total. The molecule has 0 atom stereocenters. The molecule has 0 radical (unpaired) electrons. The molecule has 180 valence electrons. The predicted octanol–water partition coefficient (Wildman–Crippen LogP) is 2.75. The van der Waals surface area contributed by atoms with Gasteiger partial charge < -0.3 is 4.74 Å².